The van der Waals surface area contributed by atoms with Gasteiger partial charge < -0.3 is 52.5 Å². The Morgan fingerprint density at radius 1 is 0.750 bits per heavy atom. The van der Waals surface area contributed by atoms with Crippen LogP contribution in [0.3, 0.4) is 0 Å². The van der Waals surface area contributed by atoms with Gasteiger partial charge in [0.25, 0.3) is 0 Å². The van der Waals surface area contributed by atoms with Crippen molar-refractivity contribution in [1.82, 2.24) is 41.5 Å². The molecule has 2 aromatic heterocycles. The number of nitrogens with one attached hydrogen (secondary N) is 7. The molecule has 0 spiro atoms. The van der Waals surface area contributed by atoms with E-state index >= 15 is 0 Å². The molecule has 0 aliphatic rings. The molecule has 4 rings (SSSR count). The first-order valence-electron chi connectivity index (χ1n) is 19.5. The molecule has 0 fully saturated rings. The molecule has 19 heteroatoms. The third kappa shape index (κ3) is 13.7. The van der Waals surface area contributed by atoms with E-state index in [4.69, 9.17) is 5.73 Å². The Labute approximate surface area is 351 Å². The van der Waals surface area contributed by atoms with E-state index < -0.39 is 90.1 Å². The highest BCUT2D eigenvalue weighted by Crippen LogP contribution is 2.19. The predicted molar refractivity (Wildman–Crippen MR) is 224 cm³/mol. The first kappa shape index (κ1) is 46.5. The number of carbonyl (C=O) groups excluding carboxylic acids is 5. The smallest absolute Gasteiger partial charge is 0.326 e. The van der Waals surface area contributed by atoms with Crippen LogP contribution in [0, 0.1) is 5.92 Å². The normalized spacial score (nSPS) is 14.7. The summed E-state index contributed by atoms with van der Waals surface area (Å²) in [6.45, 7) is 3.57. The van der Waals surface area contributed by atoms with Crippen LogP contribution in [0.1, 0.15) is 49.9 Å². The van der Waals surface area contributed by atoms with Gasteiger partial charge in [0, 0.05) is 42.6 Å². The Morgan fingerprint density at radius 2 is 1.38 bits per heavy atom. The van der Waals surface area contributed by atoms with Crippen molar-refractivity contribution in [2.75, 3.05) is 12.0 Å². The van der Waals surface area contributed by atoms with E-state index in [1.165, 1.54) is 18.1 Å². The van der Waals surface area contributed by atoms with Gasteiger partial charge in [-0.15, -0.1) is 0 Å². The van der Waals surface area contributed by atoms with Crippen LogP contribution in [-0.2, 0) is 52.8 Å². The second-order valence-electron chi connectivity index (χ2n) is 14.5. The summed E-state index contributed by atoms with van der Waals surface area (Å²) in [5, 5.41) is 33.5. The first-order valence-corrected chi connectivity index (χ1v) is 20.9. The minimum absolute atomic E-state index is 0.0754. The highest BCUT2D eigenvalue weighted by atomic mass is 32.2. The number of H-pyrrole nitrogens is 2. The number of amides is 5. The largest absolute Gasteiger partial charge is 0.481 e. The van der Waals surface area contributed by atoms with Crippen LogP contribution in [0.15, 0.2) is 73.3 Å². The molecule has 4 aromatic rings. The number of aromatic amines is 2. The Hall–Kier alpha value is -6.21. The van der Waals surface area contributed by atoms with Crippen LogP contribution in [-0.4, -0.2) is 115 Å². The van der Waals surface area contributed by atoms with E-state index in [0.717, 1.165) is 10.9 Å². The third-order valence-corrected chi connectivity index (χ3v) is 10.6. The fourth-order valence-corrected chi connectivity index (χ4v) is 6.90. The number of thioether (sulfide) groups is 1. The second-order valence-corrected chi connectivity index (χ2v) is 15.4. The number of fused-ring (bicyclic) bond motifs is 1. The lowest BCUT2D eigenvalue weighted by atomic mass is 9.97. The first-order chi connectivity index (χ1) is 28.7. The maximum atomic E-state index is 13.9. The van der Waals surface area contributed by atoms with E-state index in [1.807, 2.05) is 25.1 Å². The predicted octanol–water partition coefficient (Wildman–Crippen LogP) is 1.03. The molecule has 0 saturated carbocycles. The summed E-state index contributed by atoms with van der Waals surface area (Å²) < 4.78 is 0. The van der Waals surface area contributed by atoms with Gasteiger partial charge in [0.15, 0.2) is 0 Å². The van der Waals surface area contributed by atoms with Crippen LogP contribution in [0.2, 0.25) is 0 Å². The third-order valence-electron chi connectivity index (χ3n) is 10.00. The monoisotopic (exact) mass is 847 g/mol. The molecule has 0 aliphatic heterocycles. The van der Waals surface area contributed by atoms with Crippen molar-refractivity contribution in [1.29, 1.82) is 0 Å². The number of benzene rings is 2. The van der Waals surface area contributed by atoms with E-state index in [9.17, 15) is 43.8 Å². The quantitative estimate of drug-likeness (QED) is 0.0473. The zero-order chi connectivity index (χ0) is 43.8. The van der Waals surface area contributed by atoms with Crippen LogP contribution >= 0.6 is 11.8 Å². The summed E-state index contributed by atoms with van der Waals surface area (Å²) in [6, 6.07) is 7.94. The lowest BCUT2D eigenvalue weighted by Crippen LogP contribution is -2.60. The summed E-state index contributed by atoms with van der Waals surface area (Å²) in [5.41, 5.74) is 8.68. The molecular formula is C41H53N9O9S. The van der Waals surface area contributed by atoms with E-state index in [2.05, 4.69) is 41.5 Å². The lowest BCUT2D eigenvalue weighted by molar-refractivity contribution is -0.143. The summed E-state index contributed by atoms with van der Waals surface area (Å²) >= 11 is 1.38. The maximum Gasteiger partial charge on any atom is 0.326 e. The Kier molecular flexibility index (Phi) is 17.7. The number of carboxylic acids is 2. The number of nitrogens with zero attached hydrogens (tertiary/aromatic N) is 1. The Morgan fingerprint density at radius 3 is 2.03 bits per heavy atom. The lowest BCUT2D eigenvalue weighted by Gasteiger charge is -2.28. The van der Waals surface area contributed by atoms with Gasteiger partial charge in [0.05, 0.1) is 24.5 Å². The van der Waals surface area contributed by atoms with E-state index in [-0.39, 0.29) is 25.7 Å². The molecule has 60 heavy (non-hydrogen) atoms. The fraction of sp³-hybridized carbons (Fsp3) is 0.415. The zero-order valence-electron chi connectivity index (χ0n) is 33.6. The molecule has 0 bridgehead atoms. The van der Waals surface area contributed by atoms with Gasteiger partial charge in [-0.1, -0.05) is 68.8 Å². The Balaban J connectivity index is 1.52. The van der Waals surface area contributed by atoms with Gasteiger partial charge in [-0.2, -0.15) is 11.8 Å². The topological polar surface area (TPSA) is 291 Å². The highest BCUT2D eigenvalue weighted by Gasteiger charge is 2.35. The standard InChI is InChI=1S/C41H53N9O9S/c1-4-23(2)35(50-36(53)28(42)18-26-21-43-22-45-26)40(57)46-30(14-15-60-3)37(54)48-32(19-34(51)52)39(56)47-31(16-24-10-6-5-7-11-24)38(55)49-33(41(58)59)17-25-20-44-29-13-9-8-12-27(25)29/h5-13,20-23,28,30-33,35,44H,4,14-19,42H2,1-3H3,(H,43,45)(H,46,57)(H,47,56)(H,48,54)(H,49,55)(H,50,53)(H,51,52)(H,58,59)/t23-,28-,30-,31-,32-,33-,35-/m0/s1. The molecule has 5 amide bonds. The van der Waals surface area contributed by atoms with Crippen LogP contribution in [0.25, 0.3) is 10.9 Å². The number of hydrogen-bond donors (Lipinski definition) is 10. The number of aliphatic carboxylic acids is 2. The molecule has 0 unspecified atom stereocenters. The van der Waals surface area contributed by atoms with Crippen LogP contribution in [0.4, 0.5) is 0 Å². The maximum absolute atomic E-state index is 13.9. The van der Waals surface area contributed by atoms with Gasteiger partial charge >= 0.3 is 11.9 Å². The van der Waals surface area contributed by atoms with Gasteiger partial charge in [-0.05, 0) is 41.5 Å². The van der Waals surface area contributed by atoms with Crippen molar-refractivity contribution >= 4 is 64.1 Å². The fourth-order valence-electron chi connectivity index (χ4n) is 6.43. The number of carboxylic acid groups (broad SMARTS) is 2. The van der Waals surface area contributed by atoms with Crippen LogP contribution in [0.5, 0.6) is 0 Å². The summed E-state index contributed by atoms with van der Waals surface area (Å²) in [7, 11) is 0. The summed E-state index contributed by atoms with van der Waals surface area (Å²) in [4.78, 5) is 103. The van der Waals surface area contributed by atoms with Crippen molar-refractivity contribution in [3.05, 3.63) is 90.1 Å². The van der Waals surface area contributed by atoms with Gasteiger partial charge in [-0.3, -0.25) is 28.8 Å². The average molecular weight is 848 g/mol. The second kappa shape index (κ2) is 22.8. The van der Waals surface area contributed by atoms with Crippen molar-refractivity contribution in [3.63, 3.8) is 0 Å². The number of carbonyl (C=O) groups is 7. The average Bonchev–Trinajstić information content (AvgIpc) is 3.90. The summed E-state index contributed by atoms with van der Waals surface area (Å²) in [6.07, 6.45) is 6.06. The summed E-state index contributed by atoms with van der Waals surface area (Å²) in [5.74, 6) is -6.84. The van der Waals surface area contributed by atoms with Gasteiger partial charge in [-0.25, -0.2) is 9.78 Å². The molecule has 18 nitrogen and oxygen atoms in total. The highest BCUT2D eigenvalue weighted by molar-refractivity contribution is 7.98. The molecule has 7 atom stereocenters. The molecular weight excluding hydrogens is 795 g/mol. The molecule has 322 valence electrons. The zero-order valence-corrected chi connectivity index (χ0v) is 34.4. The molecule has 0 radical (unpaired) electrons. The van der Waals surface area contributed by atoms with Crippen molar-refractivity contribution < 1.29 is 43.8 Å². The van der Waals surface area contributed by atoms with E-state index in [0.29, 0.717) is 29.0 Å². The molecule has 11 N–H and O–H groups in total. The number of rotatable bonds is 24. The molecule has 2 heterocycles. The molecule has 0 aliphatic carbocycles. The number of aromatic nitrogens is 3. The molecule has 2 aromatic carbocycles. The van der Waals surface area contributed by atoms with E-state index in [1.54, 1.807) is 62.0 Å². The minimum Gasteiger partial charge on any atom is -0.481 e. The number of imidazole rings is 1. The Bertz CT molecular complexity index is 2080. The molecule has 0 saturated heterocycles. The van der Waals surface area contributed by atoms with Gasteiger partial charge in [0.1, 0.15) is 30.2 Å². The number of nitrogens with two attached hydrogens (primary N) is 1. The number of hydrogen-bond acceptors (Lipinski definition) is 10. The minimum atomic E-state index is -1.72. The van der Waals surface area contributed by atoms with Crippen molar-refractivity contribution in [2.24, 2.45) is 11.7 Å². The van der Waals surface area contributed by atoms with Gasteiger partial charge in [0.2, 0.25) is 29.5 Å². The van der Waals surface area contributed by atoms with Crippen molar-refractivity contribution in [2.45, 2.75) is 88.6 Å². The van der Waals surface area contributed by atoms with Crippen LogP contribution < -0.4 is 32.3 Å². The SMILES string of the molecule is CC[C@H](C)[C@H](NC(=O)[C@@H](N)Cc1c[nH]cn1)C(=O)N[C@@H](CCSC)C(=O)N[C@@H](CC(=O)O)C(=O)N[C@@H](Cc1ccccc1)C(=O)N[C@@H](Cc1c[nH]c2ccccc12)C(=O)O. The number of para-hydroxylation sites is 1. The van der Waals surface area contributed by atoms with Crippen molar-refractivity contribution in [3.8, 4) is 0 Å².